The van der Waals surface area contributed by atoms with Gasteiger partial charge in [-0.25, -0.2) is 9.37 Å². The molecule has 3 aromatic rings. The molecule has 23 heavy (non-hydrogen) atoms. The van der Waals surface area contributed by atoms with E-state index >= 15 is 0 Å². The first kappa shape index (κ1) is 15.4. The van der Waals surface area contributed by atoms with E-state index in [0.717, 1.165) is 15.2 Å². The van der Waals surface area contributed by atoms with E-state index in [4.69, 9.17) is 0 Å². The average molecular weight is 326 g/mol. The number of aromatic nitrogens is 1. The molecule has 0 bridgehead atoms. The van der Waals surface area contributed by atoms with Crippen LogP contribution >= 0.6 is 11.3 Å². The molecule has 0 aliphatic carbocycles. The first-order chi connectivity index (χ1) is 11.2. The third-order valence-corrected chi connectivity index (χ3v) is 4.35. The summed E-state index contributed by atoms with van der Waals surface area (Å²) in [6.07, 6.45) is 3.70. The Balaban J connectivity index is 1.51. The summed E-state index contributed by atoms with van der Waals surface area (Å²) in [6, 6.07) is 14.1. The van der Waals surface area contributed by atoms with E-state index in [-0.39, 0.29) is 11.7 Å². The Morgan fingerprint density at radius 3 is 2.91 bits per heavy atom. The van der Waals surface area contributed by atoms with Crippen molar-refractivity contribution in [2.24, 2.45) is 0 Å². The third-order valence-electron chi connectivity index (χ3n) is 3.25. The molecule has 3 rings (SSSR count). The number of carbonyl (C=O) groups is 1. The molecule has 0 unspecified atom stereocenters. The van der Waals surface area contributed by atoms with Gasteiger partial charge in [-0.05, 0) is 35.9 Å². The number of hydrogen-bond acceptors (Lipinski definition) is 3. The van der Waals surface area contributed by atoms with E-state index in [0.29, 0.717) is 18.5 Å². The molecule has 0 atom stereocenters. The van der Waals surface area contributed by atoms with Crippen molar-refractivity contribution < 1.29 is 9.18 Å². The molecule has 1 amide bonds. The third kappa shape index (κ3) is 4.23. The molecule has 0 fully saturated rings. The van der Waals surface area contributed by atoms with Crippen LogP contribution < -0.4 is 5.32 Å². The molecule has 1 heterocycles. The van der Waals surface area contributed by atoms with Gasteiger partial charge in [-0.3, -0.25) is 4.79 Å². The number of nitrogens with one attached hydrogen (secondary N) is 1. The Hall–Kier alpha value is -2.53. The molecule has 1 N–H and O–H groups in total. The normalized spacial score (nSPS) is 11.2. The van der Waals surface area contributed by atoms with Gasteiger partial charge >= 0.3 is 0 Å². The second-order valence-electron chi connectivity index (χ2n) is 5.00. The maximum absolute atomic E-state index is 13.0. The maximum Gasteiger partial charge on any atom is 0.244 e. The lowest BCUT2D eigenvalue weighted by atomic mass is 10.2. The Labute approximate surface area is 137 Å². The number of amides is 1. The SMILES string of the molecule is O=C(/C=C/c1cccc(F)c1)NCCc1nc2ccccc2s1. The van der Waals surface area contributed by atoms with Crippen LogP contribution in [0.15, 0.2) is 54.6 Å². The minimum absolute atomic E-state index is 0.199. The summed E-state index contributed by atoms with van der Waals surface area (Å²) < 4.78 is 14.2. The van der Waals surface area contributed by atoms with Gasteiger partial charge in [-0.2, -0.15) is 0 Å². The molecule has 116 valence electrons. The van der Waals surface area contributed by atoms with Crippen molar-refractivity contribution >= 4 is 33.5 Å². The van der Waals surface area contributed by atoms with Gasteiger partial charge in [0.25, 0.3) is 0 Å². The molecule has 1 aromatic heterocycles. The van der Waals surface area contributed by atoms with E-state index in [1.165, 1.54) is 18.2 Å². The second kappa shape index (κ2) is 7.15. The molecule has 5 heteroatoms. The molecule has 0 aliphatic rings. The number of halogens is 1. The van der Waals surface area contributed by atoms with Crippen LogP contribution in [0.2, 0.25) is 0 Å². The van der Waals surface area contributed by atoms with Gasteiger partial charge in [0.05, 0.1) is 15.2 Å². The zero-order chi connectivity index (χ0) is 16.1. The number of fused-ring (bicyclic) bond motifs is 1. The van der Waals surface area contributed by atoms with Gasteiger partial charge in [0.15, 0.2) is 0 Å². The first-order valence-corrected chi connectivity index (χ1v) is 8.08. The Kier molecular flexibility index (Phi) is 4.78. The summed E-state index contributed by atoms with van der Waals surface area (Å²) in [5.74, 6) is -0.515. The van der Waals surface area contributed by atoms with Crippen LogP contribution in [0.3, 0.4) is 0 Å². The summed E-state index contributed by atoms with van der Waals surface area (Å²) in [5.41, 5.74) is 1.65. The summed E-state index contributed by atoms with van der Waals surface area (Å²) in [6.45, 7) is 0.520. The van der Waals surface area contributed by atoms with Crippen molar-refractivity contribution in [2.75, 3.05) is 6.54 Å². The van der Waals surface area contributed by atoms with Crippen LogP contribution in [0.4, 0.5) is 4.39 Å². The second-order valence-corrected chi connectivity index (χ2v) is 6.12. The van der Waals surface area contributed by atoms with E-state index in [1.807, 2.05) is 24.3 Å². The van der Waals surface area contributed by atoms with Crippen LogP contribution in [0.5, 0.6) is 0 Å². The zero-order valence-corrected chi connectivity index (χ0v) is 13.1. The van der Waals surface area contributed by atoms with Crippen LogP contribution in [0.1, 0.15) is 10.6 Å². The zero-order valence-electron chi connectivity index (χ0n) is 12.3. The van der Waals surface area contributed by atoms with E-state index in [1.54, 1.807) is 29.5 Å². The Morgan fingerprint density at radius 1 is 1.22 bits per heavy atom. The molecule has 0 saturated heterocycles. The van der Waals surface area contributed by atoms with Crippen molar-refractivity contribution in [3.63, 3.8) is 0 Å². The largest absolute Gasteiger partial charge is 0.352 e. The fourth-order valence-corrected chi connectivity index (χ4v) is 3.13. The number of thiazole rings is 1. The highest BCUT2D eigenvalue weighted by Crippen LogP contribution is 2.21. The molecule has 2 aromatic carbocycles. The summed E-state index contributed by atoms with van der Waals surface area (Å²) >= 11 is 1.64. The molecule has 0 saturated carbocycles. The molecule has 0 spiro atoms. The van der Waals surface area contributed by atoms with Crippen LogP contribution in [-0.2, 0) is 11.2 Å². The number of hydrogen-bond donors (Lipinski definition) is 1. The topological polar surface area (TPSA) is 42.0 Å². The lowest BCUT2D eigenvalue weighted by Crippen LogP contribution is -2.23. The van der Waals surface area contributed by atoms with Gasteiger partial charge in [0.2, 0.25) is 5.91 Å². The number of para-hydroxylation sites is 1. The quantitative estimate of drug-likeness (QED) is 0.725. The van der Waals surface area contributed by atoms with Crippen molar-refractivity contribution in [3.8, 4) is 0 Å². The Morgan fingerprint density at radius 2 is 2.09 bits per heavy atom. The van der Waals surface area contributed by atoms with Gasteiger partial charge in [0.1, 0.15) is 5.82 Å². The smallest absolute Gasteiger partial charge is 0.244 e. The monoisotopic (exact) mass is 326 g/mol. The fourth-order valence-electron chi connectivity index (χ4n) is 2.16. The summed E-state index contributed by atoms with van der Waals surface area (Å²) in [5, 5.41) is 3.81. The van der Waals surface area contributed by atoms with Crippen molar-refractivity contribution in [1.82, 2.24) is 10.3 Å². The van der Waals surface area contributed by atoms with Crippen molar-refractivity contribution in [1.29, 1.82) is 0 Å². The fraction of sp³-hybridized carbons (Fsp3) is 0.111. The molecular weight excluding hydrogens is 311 g/mol. The minimum Gasteiger partial charge on any atom is -0.352 e. The Bertz CT molecular complexity index is 824. The van der Waals surface area contributed by atoms with Crippen LogP contribution in [0.25, 0.3) is 16.3 Å². The predicted molar refractivity (Wildman–Crippen MR) is 91.8 cm³/mol. The van der Waals surface area contributed by atoms with E-state index < -0.39 is 0 Å². The lowest BCUT2D eigenvalue weighted by Gasteiger charge is -1.99. The van der Waals surface area contributed by atoms with Gasteiger partial charge < -0.3 is 5.32 Å². The standard InChI is InChI=1S/C18H15FN2OS/c19-14-5-3-4-13(12-14)8-9-17(22)20-11-10-18-21-15-6-1-2-7-16(15)23-18/h1-9,12H,10-11H2,(H,20,22)/b9-8+. The van der Waals surface area contributed by atoms with E-state index in [9.17, 15) is 9.18 Å². The lowest BCUT2D eigenvalue weighted by molar-refractivity contribution is -0.116. The highest BCUT2D eigenvalue weighted by Gasteiger charge is 2.03. The highest BCUT2D eigenvalue weighted by molar-refractivity contribution is 7.18. The highest BCUT2D eigenvalue weighted by atomic mass is 32.1. The summed E-state index contributed by atoms with van der Waals surface area (Å²) in [4.78, 5) is 16.3. The maximum atomic E-state index is 13.0. The first-order valence-electron chi connectivity index (χ1n) is 7.27. The molecule has 3 nitrogen and oxygen atoms in total. The average Bonchev–Trinajstić information content (AvgIpc) is 2.96. The predicted octanol–water partition coefficient (Wildman–Crippen LogP) is 3.81. The number of nitrogens with zero attached hydrogens (tertiary/aromatic N) is 1. The molecule has 0 radical (unpaired) electrons. The van der Waals surface area contributed by atoms with E-state index in [2.05, 4.69) is 10.3 Å². The van der Waals surface area contributed by atoms with Gasteiger partial charge in [-0.1, -0.05) is 24.3 Å². The van der Waals surface area contributed by atoms with Crippen LogP contribution in [0, 0.1) is 5.82 Å². The van der Waals surface area contributed by atoms with Crippen molar-refractivity contribution in [2.45, 2.75) is 6.42 Å². The van der Waals surface area contributed by atoms with Crippen molar-refractivity contribution in [3.05, 3.63) is 71.0 Å². The summed E-state index contributed by atoms with van der Waals surface area (Å²) in [7, 11) is 0. The molecule has 0 aliphatic heterocycles. The van der Waals surface area contributed by atoms with Crippen LogP contribution in [-0.4, -0.2) is 17.4 Å². The minimum atomic E-state index is -0.316. The number of carbonyl (C=O) groups excluding carboxylic acids is 1. The van der Waals surface area contributed by atoms with Gasteiger partial charge in [-0.15, -0.1) is 11.3 Å². The molecular formula is C18H15FN2OS. The van der Waals surface area contributed by atoms with Gasteiger partial charge in [0, 0.05) is 19.0 Å². The number of rotatable bonds is 5. The number of benzene rings is 2.